The SMILES string of the molecule is C[C@]12CCCC[C@@H]1CC[C@@H]1[C@@H]2[C@H](O)C[C@@]2(C)[C@H]1CC[C@@]2(C)O. The standard InChI is InChI=1S/C20H34O2/c1-18-10-5-4-6-13(18)7-8-14-15-9-11-20(3,22)19(15,2)12-16(21)17(14)18/h13-17,21-22H,4-12H2,1-3H3/t13-,14+,15+,16-,17-,18+,19+,20-/m1/s1. The maximum atomic E-state index is 11.1. The summed E-state index contributed by atoms with van der Waals surface area (Å²) in [5.41, 5.74) is -0.310. The fourth-order valence-corrected chi connectivity index (χ4v) is 7.64. The van der Waals surface area contributed by atoms with Crippen molar-refractivity contribution in [1.29, 1.82) is 0 Å². The van der Waals surface area contributed by atoms with Gasteiger partial charge in [0.25, 0.3) is 0 Å². The second kappa shape index (κ2) is 4.72. The van der Waals surface area contributed by atoms with Gasteiger partial charge in [0.1, 0.15) is 0 Å². The van der Waals surface area contributed by atoms with Crippen LogP contribution in [-0.4, -0.2) is 21.9 Å². The summed E-state index contributed by atoms with van der Waals surface area (Å²) in [5.74, 6) is 2.58. The summed E-state index contributed by atoms with van der Waals surface area (Å²) < 4.78 is 0. The molecule has 8 atom stereocenters. The highest BCUT2D eigenvalue weighted by Gasteiger charge is 2.65. The lowest BCUT2D eigenvalue weighted by atomic mass is 9.44. The van der Waals surface area contributed by atoms with E-state index in [1.54, 1.807) is 0 Å². The van der Waals surface area contributed by atoms with E-state index in [0.29, 0.717) is 23.2 Å². The molecule has 0 aliphatic heterocycles. The zero-order chi connectivity index (χ0) is 15.8. The Balaban J connectivity index is 1.71. The molecule has 4 fully saturated rings. The normalized spacial score (nSPS) is 61.2. The summed E-state index contributed by atoms with van der Waals surface area (Å²) >= 11 is 0. The molecule has 0 heterocycles. The summed E-state index contributed by atoms with van der Waals surface area (Å²) in [6, 6.07) is 0. The van der Waals surface area contributed by atoms with Gasteiger partial charge in [0.05, 0.1) is 11.7 Å². The summed E-state index contributed by atoms with van der Waals surface area (Å²) in [4.78, 5) is 0. The molecule has 0 aromatic rings. The van der Waals surface area contributed by atoms with Gasteiger partial charge in [0.15, 0.2) is 0 Å². The summed E-state index contributed by atoms with van der Waals surface area (Å²) in [7, 11) is 0. The van der Waals surface area contributed by atoms with Crippen molar-refractivity contribution in [3.8, 4) is 0 Å². The first-order valence-electron chi connectivity index (χ1n) is 9.70. The Kier molecular flexibility index (Phi) is 3.32. The van der Waals surface area contributed by atoms with Crippen LogP contribution < -0.4 is 0 Å². The minimum absolute atomic E-state index is 0.0779. The molecule has 126 valence electrons. The molecule has 22 heavy (non-hydrogen) atoms. The van der Waals surface area contributed by atoms with Crippen LogP contribution in [0.4, 0.5) is 0 Å². The second-order valence-electron chi connectivity index (χ2n) is 9.82. The molecule has 0 amide bonds. The molecular formula is C20H34O2. The van der Waals surface area contributed by atoms with E-state index in [9.17, 15) is 10.2 Å². The average molecular weight is 306 g/mol. The lowest BCUT2D eigenvalue weighted by molar-refractivity contribution is -0.192. The quantitative estimate of drug-likeness (QED) is 0.706. The van der Waals surface area contributed by atoms with Crippen LogP contribution in [0.2, 0.25) is 0 Å². The van der Waals surface area contributed by atoms with Crippen molar-refractivity contribution in [1.82, 2.24) is 0 Å². The predicted molar refractivity (Wildman–Crippen MR) is 88.4 cm³/mol. The molecule has 4 rings (SSSR count). The third-order valence-corrected chi connectivity index (χ3v) is 9.08. The molecule has 4 saturated carbocycles. The minimum atomic E-state index is -0.589. The van der Waals surface area contributed by atoms with Crippen LogP contribution in [0.3, 0.4) is 0 Å². The minimum Gasteiger partial charge on any atom is -0.393 e. The van der Waals surface area contributed by atoms with Gasteiger partial charge in [0, 0.05) is 5.41 Å². The molecule has 0 saturated heterocycles. The van der Waals surface area contributed by atoms with Gasteiger partial charge in [-0.3, -0.25) is 0 Å². The number of rotatable bonds is 0. The van der Waals surface area contributed by atoms with Gasteiger partial charge in [-0.1, -0.05) is 26.7 Å². The smallest absolute Gasteiger partial charge is 0.0676 e. The predicted octanol–water partition coefficient (Wildman–Crippen LogP) is 4.14. The van der Waals surface area contributed by atoms with Gasteiger partial charge in [-0.15, -0.1) is 0 Å². The van der Waals surface area contributed by atoms with Gasteiger partial charge in [0.2, 0.25) is 0 Å². The van der Waals surface area contributed by atoms with Crippen LogP contribution in [-0.2, 0) is 0 Å². The van der Waals surface area contributed by atoms with E-state index in [1.807, 2.05) is 6.92 Å². The van der Waals surface area contributed by atoms with E-state index in [0.717, 1.165) is 25.2 Å². The van der Waals surface area contributed by atoms with E-state index in [4.69, 9.17) is 0 Å². The van der Waals surface area contributed by atoms with Gasteiger partial charge in [-0.25, -0.2) is 0 Å². The molecule has 2 nitrogen and oxygen atoms in total. The highest BCUT2D eigenvalue weighted by atomic mass is 16.3. The number of fused-ring (bicyclic) bond motifs is 5. The lowest BCUT2D eigenvalue weighted by Gasteiger charge is -2.62. The second-order valence-corrected chi connectivity index (χ2v) is 9.82. The van der Waals surface area contributed by atoms with Crippen LogP contribution >= 0.6 is 0 Å². The molecule has 0 aromatic heterocycles. The fraction of sp³-hybridized carbons (Fsp3) is 1.00. The Morgan fingerprint density at radius 3 is 2.45 bits per heavy atom. The largest absolute Gasteiger partial charge is 0.393 e. The first-order valence-corrected chi connectivity index (χ1v) is 9.70. The van der Waals surface area contributed by atoms with Crippen molar-refractivity contribution in [2.75, 3.05) is 0 Å². The third kappa shape index (κ3) is 1.80. The Morgan fingerprint density at radius 2 is 1.68 bits per heavy atom. The Hall–Kier alpha value is -0.0800. The molecule has 4 aliphatic carbocycles. The van der Waals surface area contributed by atoms with Crippen molar-refractivity contribution >= 4 is 0 Å². The van der Waals surface area contributed by atoms with Crippen LogP contribution in [0.5, 0.6) is 0 Å². The average Bonchev–Trinajstić information content (AvgIpc) is 2.68. The number of hydrogen-bond acceptors (Lipinski definition) is 2. The van der Waals surface area contributed by atoms with Crippen molar-refractivity contribution in [2.45, 2.75) is 90.3 Å². The molecule has 4 aliphatic rings. The molecular weight excluding hydrogens is 272 g/mol. The van der Waals surface area contributed by atoms with Crippen molar-refractivity contribution in [3.05, 3.63) is 0 Å². The Morgan fingerprint density at radius 1 is 0.909 bits per heavy atom. The van der Waals surface area contributed by atoms with Crippen LogP contribution in [0.25, 0.3) is 0 Å². The van der Waals surface area contributed by atoms with Gasteiger partial charge >= 0.3 is 0 Å². The molecule has 2 heteroatoms. The zero-order valence-corrected chi connectivity index (χ0v) is 14.6. The van der Waals surface area contributed by atoms with E-state index in [1.165, 1.54) is 38.5 Å². The number of hydrogen-bond donors (Lipinski definition) is 2. The zero-order valence-electron chi connectivity index (χ0n) is 14.6. The van der Waals surface area contributed by atoms with E-state index >= 15 is 0 Å². The van der Waals surface area contributed by atoms with Gasteiger partial charge in [-0.05, 0) is 81.0 Å². The summed E-state index contributed by atoms with van der Waals surface area (Å²) in [6.45, 7) is 6.78. The summed E-state index contributed by atoms with van der Waals surface area (Å²) in [5, 5.41) is 22.1. The monoisotopic (exact) mass is 306 g/mol. The first kappa shape index (κ1) is 15.4. The van der Waals surface area contributed by atoms with Crippen LogP contribution in [0.15, 0.2) is 0 Å². The van der Waals surface area contributed by atoms with Crippen LogP contribution in [0.1, 0.15) is 78.6 Å². The van der Waals surface area contributed by atoms with Crippen molar-refractivity contribution in [2.24, 2.45) is 34.5 Å². The van der Waals surface area contributed by atoms with E-state index in [2.05, 4.69) is 13.8 Å². The van der Waals surface area contributed by atoms with E-state index in [-0.39, 0.29) is 11.5 Å². The van der Waals surface area contributed by atoms with Gasteiger partial charge < -0.3 is 10.2 Å². The lowest BCUT2D eigenvalue weighted by Crippen LogP contribution is -2.60. The molecule has 0 radical (unpaired) electrons. The Labute approximate surface area is 135 Å². The molecule has 2 N–H and O–H groups in total. The molecule has 0 spiro atoms. The highest BCUT2D eigenvalue weighted by molar-refractivity contribution is 5.14. The maximum absolute atomic E-state index is 11.1. The highest BCUT2D eigenvalue weighted by Crippen LogP contribution is 2.68. The molecule has 0 aromatic carbocycles. The first-order chi connectivity index (χ1) is 10.3. The fourth-order valence-electron chi connectivity index (χ4n) is 7.64. The van der Waals surface area contributed by atoms with Gasteiger partial charge in [-0.2, -0.15) is 0 Å². The molecule has 0 unspecified atom stereocenters. The van der Waals surface area contributed by atoms with Crippen molar-refractivity contribution in [3.63, 3.8) is 0 Å². The van der Waals surface area contributed by atoms with E-state index < -0.39 is 5.60 Å². The number of aliphatic hydroxyl groups excluding tert-OH is 1. The maximum Gasteiger partial charge on any atom is 0.0676 e. The van der Waals surface area contributed by atoms with Crippen molar-refractivity contribution < 1.29 is 10.2 Å². The summed E-state index contributed by atoms with van der Waals surface area (Å²) in [6.07, 6.45) is 10.8. The third-order valence-electron chi connectivity index (χ3n) is 9.08. The molecule has 0 bridgehead atoms. The van der Waals surface area contributed by atoms with Crippen LogP contribution in [0, 0.1) is 34.5 Å². The topological polar surface area (TPSA) is 40.5 Å². The Bertz CT molecular complexity index is 459. The number of aliphatic hydroxyl groups is 2.